The molecule has 0 saturated heterocycles. The summed E-state index contributed by atoms with van der Waals surface area (Å²) in [6.45, 7) is 0. The third kappa shape index (κ3) is 1.25. The van der Waals surface area contributed by atoms with Gasteiger partial charge in [0.2, 0.25) is 0 Å². The van der Waals surface area contributed by atoms with E-state index in [1.807, 2.05) is 0 Å². The third-order valence-electron chi connectivity index (χ3n) is 1.95. The Labute approximate surface area is 79.1 Å². The van der Waals surface area contributed by atoms with Gasteiger partial charge in [-0.2, -0.15) is 0 Å². The number of halogens is 1. The first kappa shape index (κ1) is 8.74. The third-order valence-corrected chi connectivity index (χ3v) is 1.95. The number of hydrogen-bond acceptors (Lipinski definition) is 3. The van der Waals surface area contributed by atoms with Gasteiger partial charge in [0.1, 0.15) is 11.4 Å². The standard InChI is InChI=1S/C10H7FO3/c1-13-10(12)7-4-6-2-3-14-9(6)5-8(7)11/h2-5H,1H3. The summed E-state index contributed by atoms with van der Waals surface area (Å²) >= 11 is 0. The molecule has 0 aliphatic rings. The minimum Gasteiger partial charge on any atom is -0.465 e. The van der Waals surface area contributed by atoms with E-state index in [1.54, 1.807) is 6.07 Å². The van der Waals surface area contributed by atoms with E-state index in [-0.39, 0.29) is 5.56 Å². The van der Waals surface area contributed by atoms with Crippen molar-refractivity contribution < 1.29 is 18.3 Å². The molecule has 1 aromatic carbocycles. The van der Waals surface area contributed by atoms with Gasteiger partial charge in [0.15, 0.2) is 0 Å². The van der Waals surface area contributed by atoms with Crippen molar-refractivity contribution in [2.24, 2.45) is 0 Å². The van der Waals surface area contributed by atoms with E-state index in [0.29, 0.717) is 11.0 Å². The number of fused-ring (bicyclic) bond motifs is 1. The summed E-state index contributed by atoms with van der Waals surface area (Å²) in [6.07, 6.45) is 1.44. The molecule has 0 amide bonds. The molecule has 0 spiro atoms. The van der Waals surface area contributed by atoms with Gasteiger partial charge in [-0.3, -0.25) is 0 Å². The van der Waals surface area contributed by atoms with E-state index in [9.17, 15) is 9.18 Å². The Morgan fingerprint density at radius 2 is 2.29 bits per heavy atom. The first-order valence-electron chi connectivity index (χ1n) is 3.97. The highest BCUT2D eigenvalue weighted by Crippen LogP contribution is 2.20. The fourth-order valence-corrected chi connectivity index (χ4v) is 1.25. The van der Waals surface area contributed by atoms with Crippen molar-refractivity contribution in [3.8, 4) is 0 Å². The van der Waals surface area contributed by atoms with E-state index < -0.39 is 11.8 Å². The highest BCUT2D eigenvalue weighted by molar-refractivity contribution is 5.94. The van der Waals surface area contributed by atoms with Crippen LogP contribution in [0.3, 0.4) is 0 Å². The first-order chi connectivity index (χ1) is 6.72. The van der Waals surface area contributed by atoms with E-state index in [4.69, 9.17) is 4.42 Å². The van der Waals surface area contributed by atoms with Crippen LogP contribution in [0.2, 0.25) is 0 Å². The summed E-state index contributed by atoms with van der Waals surface area (Å²) in [6, 6.07) is 4.22. The monoisotopic (exact) mass is 194 g/mol. The number of ether oxygens (including phenoxy) is 1. The Kier molecular flexibility index (Phi) is 1.96. The Hall–Kier alpha value is -1.84. The SMILES string of the molecule is COC(=O)c1cc2ccoc2cc1F. The zero-order chi connectivity index (χ0) is 10.1. The molecule has 0 saturated carbocycles. The molecule has 0 radical (unpaired) electrons. The second kappa shape index (κ2) is 3.14. The number of rotatable bonds is 1. The lowest BCUT2D eigenvalue weighted by molar-refractivity contribution is 0.0596. The van der Waals surface area contributed by atoms with Crippen LogP contribution in [0, 0.1) is 5.82 Å². The van der Waals surface area contributed by atoms with Gasteiger partial charge in [-0.05, 0) is 12.1 Å². The van der Waals surface area contributed by atoms with Crippen molar-refractivity contribution in [1.82, 2.24) is 0 Å². The normalized spacial score (nSPS) is 10.4. The van der Waals surface area contributed by atoms with Crippen molar-refractivity contribution >= 4 is 16.9 Å². The Bertz CT molecular complexity index is 487. The van der Waals surface area contributed by atoms with Crippen LogP contribution < -0.4 is 0 Å². The number of carbonyl (C=O) groups excluding carboxylic acids is 1. The van der Waals surface area contributed by atoms with E-state index >= 15 is 0 Å². The van der Waals surface area contributed by atoms with E-state index in [0.717, 1.165) is 0 Å². The zero-order valence-corrected chi connectivity index (χ0v) is 7.41. The van der Waals surface area contributed by atoms with Crippen LogP contribution in [0.4, 0.5) is 4.39 Å². The molecule has 0 unspecified atom stereocenters. The summed E-state index contributed by atoms with van der Waals surface area (Å²) < 4.78 is 22.7. The van der Waals surface area contributed by atoms with Gasteiger partial charge in [0.25, 0.3) is 0 Å². The van der Waals surface area contributed by atoms with Crippen molar-refractivity contribution in [1.29, 1.82) is 0 Å². The Morgan fingerprint density at radius 3 is 3.00 bits per heavy atom. The molecule has 0 fully saturated rings. The van der Waals surface area contributed by atoms with Gasteiger partial charge in [0.05, 0.1) is 18.9 Å². The molecule has 2 aromatic rings. The number of benzene rings is 1. The van der Waals surface area contributed by atoms with Crippen molar-refractivity contribution in [2.75, 3.05) is 7.11 Å². The molecule has 72 valence electrons. The average Bonchev–Trinajstić information content (AvgIpc) is 2.62. The van der Waals surface area contributed by atoms with Crippen LogP contribution >= 0.6 is 0 Å². The van der Waals surface area contributed by atoms with E-state index in [2.05, 4.69) is 4.74 Å². The smallest absolute Gasteiger partial charge is 0.340 e. The molecular formula is C10H7FO3. The average molecular weight is 194 g/mol. The number of esters is 1. The van der Waals surface area contributed by atoms with Crippen LogP contribution in [-0.2, 0) is 4.74 Å². The number of methoxy groups -OCH3 is 1. The fourth-order valence-electron chi connectivity index (χ4n) is 1.25. The molecule has 4 heteroatoms. The van der Waals surface area contributed by atoms with Gasteiger partial charge in [-0.1, -0.05) is 0 Å². The molecular weight excluding hydrogens is 187 g/mol. The predicted octanol–water partition coefficient (Wildman–Crippen LogP) is 2.36. The Morgan fingerprint density at radius 1 is 1.50 bits per heavy atom. The van der Waals surface area contributed by atoms with Crippen molar-refractivity contribution in [3.63, 3.8) is 0 Å². The van der Waals surface area contributed by atoms with Gasteiger partial charge in [0, 0.05) is 11.5 Å². The molecule has 0 bridgehead atoms. The minimum atomic E-state index is -0.689. The lowest BCUT2D eigenvalue weighted by Gasteiger charge is -2.00. The maximum Gasteiger partial charge on any atom is 0.340 e. The molecule has 1 aromatic heterocycles. The van der Waals surface area contributed by atoms with Crippen LogP contribution in [0.1, 0.15) is 10.4 Å². The van der Waals surface area contributed by atoms with Crippen LogP contribution in [0.25, 0.3) is 11.0 Å². The second-order valence-corrected chi connectivity index (χ2v) is 2.78. The fraction of sp³-hybridized carbons (Fsp3) is 0.100. The van der Waals surface area contributed by atoms with Crippen molar-refractivity contribution in [2.45, 2.75) is 0 Å². The van der Waals surface area contributed by atoms with E-state index in [1.165, 1.54) is 25.5 Å². The maximum atomic E-state index is 13.3. The molecule has 0 aliphatic heterocycles. The maximum absolute atomic E-state index is 13.3. The molecule has 0 N–H and O–H groups in total. The minimum absolute atomic E-state index is 0.0820. The van der Waals surface area contributed by atoms with Gasteiger partial charge in [-0.15, -0.1) is 0 Å². The highest BCUT2D eigenvalue weighted by atomic mass is 19.1. The molecule has 14 heavy (non-hydrogen) atoms. The second-order valence-electron chi connectivity index (χ2n) is 2.78. The quantitative estimate of drug-likeness (QED) is 0.654. The summed E-state index contributed by atoms with van der Waals surface area (Å²) in [5, 5.41) is 0.673. The van der Waals surface area contributed by atoms with Gasteiger partial charge in [-0.25, -0.2) is 9.18 Å². The molecule has 0 atom stereocenters. The first-order valence-corrected chi connectivity index (χ1v) is 3.97. The summed E-state index contributed by atoms with van der Waals surface area (Å²) in [4.78, 5) is 11.1. The number of furan rings is 1. The van der Waals surface area contributed by atoms with Crippen LogP contribution in [0.15, 0.2) is 28.9 Å². The van der Waals surface area contributed by atoms with Crippen LogP contribution in [-0.4, -0.2) is 13.1 Å². The Balaban J connectivity index is 2.64. The lowest BCUT2D eigenvalue weighted by atomic mass is 10.1. The molecule has 3 nitrogen and oxygen atoms in total. The summed E-state index contributed by atoms with van der Waals surface area (Å²) in [7, 11) is 1.21. The lowest BCUT2D eigenvalue weighted by Crippen LogP contribution is -2.03. The molecule has 0 aliphatic carbocycles. The number of carbonyl (C=O) groups is 1. The molecule has 2 rings (SSSR count). The van der Waals surface area contributed by atoms with Crippen molar-refractivity contribution in [3.05, 3.63) is 35.8 Å². The van der Waals surface area contributed by atoms with Gasteiger partial charge >= 0.3 is 5.97 Å². The summed E-state index contributed by atoms with van der Waals surface area (Å²) in [5.41, 5.74) is 0.330. The van der Waals surface area contributed by atoms with Gasteiger partial charge < -0.3 is 9.15 Å². The highest BCUT2D eigenvalue weighted by Gasteiger charge is 2.13. The topological polar surface area (TPSA) is 39.4 Å². The summed E-state index contributed by atoms with van der Waals surface area (Å²) in [5.74, 6) is -1.33. The largest absolute Gasteiger partial charge is 0.465 e. The zero-order valence-electron chi connectivity index (χ0n) is 7.41. The predicted molar refractivity (Wildman–Crippen MR) is 47.5 cm³/mol. The molecule has 1 heterocycles. The van der Waals surface area contributed by atoms with Crippen LogP contribution in [0.5, 0.6) is 0 Å². The number of hydrogen-bond donors (Lipinski definition) is 0.